The van der Waals surface area contributed by atoms with Crippen LogP contribution < -0.4 is 15.2 Å². The molecule has 0 saturated heterocycles. The lowest BCUT2D eigenvalue weighted by atomic mass is 9.87. The summed E-state index contributed by atoms with van der Waals surface area (Å²) < 4.78 is 10.9. The fourth-order valence-electron chi connectivity index (χ4n) is 1.77. The molecule has 0 amide bonds. The molecule has 0 bridgehead atoms. The molecule has 20 heavy (non-hydrogen) atoms. The van der Waals surface area contributed by atoms with Crippen LogP contribution >= 0.6 is 0 Å². The summed E-state index contributed by atoms with van der Waals surface area (Å²) in [5, 5.41) is 0. The van der Waals surface area contributed by atoms with Crippen molar-refractivity contribution in [3.05, 3.63) is 36.2 Å². The minimum Gasteiger partial charge on any atom is -0.489 e. The Balaban J connectivity index is 2.34. The highest BCUT2D eigenvalue weighted by atomic mass is 16.5. The van der Waals surface area contributed by atoms with Crippen molar-refractivity contribution >= 4 is 5.82 Å². The maximum atomic E-state index is 5.76. The van der Waals surface area contributed by atoms with Gasteiger partial charge in [0, 0.05) is 0 Å². The minimum atomic E-state index is 0.0498. The lowest BCUT2D eigenvalue weighted by molar-refractivity contribution is 0.369. The Morgan fingerprint density at radius 2 is 1.90 bits per heavy atom. The predicted octanol–water partition coefficient (Wildman–Crippen LogP) is 3.16. The van der Waals surface area contributed by atoms with Crippen LogP contribution in [-0.2, 0) is 5.41 Å². The Hall–Kier alpha value is -2.30. The van der Waals surface area contributed by atoms with Crippen LogP contribution in [0.2, 0.25) is 0 Å². The van der Waals surface area contributed by atoms with E-state index < -0.39 is 0 Å². The summed E-state index contributed by atoms with van der Waals surface area (Å²) in [6.07, 6.45) is 1.35. The van der Waals surface area contributed by atoms with Crippen molar-refractivity contribution in [2.75, 3.05) is 12.8 Å². The largest absolute Gasteiger partial charge is 0.489 e. The molecule has 0 aliphatic rings. The SMILES string of the molecule is COc1c(N)ncnc1Oc1cccc(C(C)(C)C)c1. The van der Waals surface area contributed by atoms with Crippen LogP contribution in [0.5, 0.6) is 17.4 Å². The van der Waals surface area contributed by atoms with Crippen LogP contribution in [0.1, 0.15) is 26.3 Å². The normalized spacial score (nSPS) is 11.2. The molecule has 5 heteroatoms. The van der Waals surface area contributed by atoms with Gasteiger partial charge in [-0.1, -0.05) is 32.9 Å². The van der Waals surface area contributed by atoms with Crippen molar-refractivity contribution in [1.82, 2.24) is 9.97 Å². The predicted molar refractivity (Wildman–Crippen MR) is 78.2 cm³/mol. The van der Waals surface area contributed by atoms with E-state index in [4.69, 9.17) is 15.2 Å². The lowest BCUT2D eigenvalue weighted by Crippen LogP contribution is -2.10. The molecule has 5 nitrogen and oxygen atoms in total. The highest BCUT2D eigenvalue weighted by molar-refractivity contribution is 5.52. The van der Waals surface area contributed by atoms with Crippen LogP contribution in [0.3, 0.4) is 0 Å². The van der Waals surface area contributed by atoms with Crippen LogP contribution in [0.15, 0.2) is 30.6 Å². The van der Waals surface area contributed by atoms with Gasteiger partial charge in [0.05, 0.1) is 7.11 Å². The van der Waals surface area contributed by atoms with Gasteiger partial charge in [0.15, 0.2) is 5.82 Å². The summed E-state index contributed by atoms with van der Waals surface area (Å²) in [6.45, 7) is 6.44. The van der Waals surface area contributed by atoms with Crippen LogP contribution in [0.4, 0.5) is 5.82 Å². The third-order valence-electron chi connectivity index (χ3n) is 2.92. The second-order valence-corrected chi connectivity index (χ2v) is 5.48. The van der Waals surface area contributed by atoms with Gasteiger partial charge in [-0.25, -0.2) is 4.98 Å². The molecule has 0 unspecified atom stereocenters. The van der Waals surface area contributed by atoms with Crippen LogP contribution in [0, 0.1) is 0 Å². The number of nitrogens with two attached hydrogens (primary N) is 1. The molecule has 106 valence electrons. The molecular weight excluding hydrogens is 254 g/mol. The highest BCUT2D eigenvalue weighted by Gasteiger charge is 2.16. The van der Waals surface area contributed by atoms with E-state index in [1.54, 1.807) is 0 Å². The summed E-state index contributed by atoms with van der Waals surface area (Å²) in [7, 11) is 1.51. The van der Waals surface area contributed by atoms with Crippen molar-refractivity contribution in [3.8, 4) is 17.4 Å². The van der Waals surface area contributed by atoms with E-state index in [1.165, 1.54) is 19.0 Å². The van der Waals surface area contributed by atoms with Crippen LogP contribution in [-0.4, -0.2) is 17.1 Å². The first kappa shape index (κ1) is 14.1. The van der Waals surface area contributed by atoms with Crippen molar-refractivity contribution in [2.45, 2.75) is 26.2 Å². The maximum Gasteiger partial charge on any atom is 0.268 e. The number of nitrogens with zero attached hydrogens (tertiary/aromatic N) is 2. The summed E-state index contributed by atoms with van der Waals surface area (Å²) >= 11 is 0. The maximum absolute atomic E-state index is 5.76. The number of benzene rings is 1. The monoisotopic (exact) mass is 273 g/mol. The van der Waals surface area contributed by atoms with Gasteiger partial charge in [0.1, 0.15) is 12.1 Å². The third kappa shape index (κ3) is 2.99. The first-order valence-electron chi connectivity index (χ1n) is 6.34. The number of hydrogen-bond donors (Lipinski definition) is 1. The zero-order valence-electron chi connectivity index (χ0n) is 12.2. The van der Waals surface area contributed by atoms with Gasteiger partial charge in [-0.15, -0.1) is 0 Å². The second-order valence-electron chi connectivity index (χ2n) is 5.48. The molecular formula is C15H19N3O2. The van der Waals surface area contributed by atoms with Gasteiger partial charge >= 0.3 is 0 Å². The average Bonchev–Trinajstić information content (AvgIpc) is 2.38. The second kappa shape index (κ2) is 5.36. The Morgan fingerprint density at radius 3 is 2.55 bits per heavy atom. The van der Waals surface area contributed by atoms with Gasteiger partial charge in [0.25, 0.3) is 5.88 Å². The number of anilines is 1. The van der Waals surface area contributed by atoms with E-state index in [0.717, 1.165) is 0 Å². The summed E-state index contributed by atoms with van der Waals surface area (Å²) in [5.41, 5.74) is 6.96. The van der Waals surface area contributed by atoms with Gasteiger partial charge in [-0.3, -0.25) is 0 Å². The number of hydrogen-bond acceptors (Lipinski definition) is 5. The van der Waals surface area contributed by atoms with Gasteiger partial charge in [0.2, 0.25) is 5.75 Å². The smallest absolute Gasteiger partial charge is 0.268 e. The standard InChI is InChI=1S/C15H19N3O2/c1-15(2,3)10-6-5-7-11(8-10)20-14-12(19-4)13(16)17-9-18-14/h5-9H,1-4H3,(H2,16,17,18). The van der Waals surface area contributed by atoms with Crippen molar-refractivity contribution < 1.29 is 9.47 Å². The molecule has 0 fully saturated rings. The Morgan fingerprint density at radius 1 is 1.15 bits per heavy atom. The first-order valence-corrected chi connectivity index (χ1v) is 6.34. The van der Waals surface area contributed by atoms with Crippen molar-refractivity contribution in [3.63, 3.8) is 0 Å². The first-order chi connectivity index (χ1) is 9.41. The van der Waals surface area contributed by atoms with E-state index in [9.17, 15) is 0 Å². The minimum absolute atomic E-state index is 0.0498. The fourth-order valence-corrected chi connectivity index (χ4v) is 1.77. The van der Waals surface area contributed by atoms with Crippen molar-refractivity contribution in [2.24, 2.45) is 0 Å². The number of methoxy groups -OCH3 is 1. The third-order valence-corrected chi connectivity index (χ3v) is 2.92. The van der Waals surface area contributed by atoms with E-state index in [2.05, 4.69) is 36.8 Å². The number of rotatable bonds is 3. The molecule has 0 atom stereocenters. The van der Waals surface area contributed by atoms with Crippen LogP contribution in [0.25, 0.3) is 0 Å². The Bertz CT molecular complexity index is 606. The molecule has 0 aliphatic heterocycles. The van der Waals surface area contributed by atoms with Crippen molar-refractivity contribution in [1.29, 1.82) is 0 Å². The summed E-state index contributed by atoms with van der Waals surface area (Å²) in [6, 6.07) is 7.87. The Kier molecular flexibility index (Phi) is 3.79. The molecule has 2 aromatic rings. The highest BCUT2D eigenvalue weighted by Crippen LogP contribution is 2.34. The quantitative estimate of drug-likeness (QED) is 0.930. The van der Waals surface area contributed by atoms with E-state index in [-0.39, 0.29) is 11.2 Å². The van der Waals surface area contributed by atoms with Gasteiger partial charge in [-0.2, -0.15) is 4.98 Å². The molecule has 2 N–H and O–H groups in total. The molecule has 0 spiro atoms. The zero-order valence-corrected chi connectivity index (χ0v) is 12.2. The number of aromatic nitrogens is 2. The lowest BCUT2D eigenvalue weighted by Gasteiger charge is -2.19. The fraction of sp³-hybridized carbons (Fsp3) is 0.333. The topological polar surface area (TPSA) is 70.3 Å². The van der Waals surface area contributed by atoms with E-state index >= 15 is 0 Å². The molecule has 0 saturated carbocycles. The van der Waals surface area contributed by atoms with E-state index in [1.807, 2.05) is 18.2 Å². The zero-order chi connectivity index (χ0) is 14.8. The molecule has 1 heterocycles. The summed E-state index contributed by atoms with van der Waals surface area (Å²) in [5.74, 6) is 1.60. The van der Waals surface area contributed by atoms with E-state index in [0.29, 0.717) is 17.4 Å². The number of ether oxygens (including phenoxy) is 2. The summed E-state index contributed by atoms with van der Waals surface area (Å²) in [4.78, 5) is 7.93. The molecule has 1 aromatic carbocycles. The average molecular weight is 273 g/mol. The molecule has 0 aliphatic carbocycles. The molecule has 0 radical (unpaired) electrons. The van der Waals surface area contributed by atoms with Gasteiger partial charge < -0.3 is 15.2 Å². The number of nitrogen functional groups attached to an aromatic ring is 1. The molecule has 1 aromatic heterocycles. The Labute approximate surface area is 118 Å². The molecule has 2 rings (SSSR count). The van der Waals surface area contributed by atoms with Gasteiger partial charge in [-0.05, 0) is 23.1 Å².